The van der Waals surface area contributed by atoms with E-state index in [2.05, 4.69) is 56.9 Å². The Labute approximate surface area is 154 Å². The topological polar surface area (TPSA) is 76.4 Å². The number of hydrogen-bond donors (Lipinski definition) is 2. The van der Waals surface area contributed by atoms with Crippen LogP contribution in [0.3, 0.4) is 0 Å². The molecule has 1 saturated heterocycles. The van der Waals surface area contributed by atoms with Crippen LogP contribution in [0.15, 0.2) is 41.7 Å². The fraction of sp³-hybridized carbons (Fsp3) is 0.526. The van der Waals surface area contributed by atoms with Crippen molar-refractivity contribution in [2.75, 3.05) is 19.7 Å². The smallest absolute Gasteiger partial charge is 0.191 e. The molecule has 140 valence electrons. The van der Waals surface area contributed by atoms with Crippen molar-refractivity contribution in [1.29, 1.82) is 0 Å². The van der Waals surface area contributed by atoms with E-state index in [9.17, 15) is 0 Å². The predicted molar refractivity (Wildman–Crippen MR) is 102 cm³/mol. The Hall–Kier alpha value is -2.41. The molecule has 0 saturated carbocycles. The minimum Gasteiger partial charge on any atom is -0.373 e. The fourth-order valence-corrected chi connectivity index (χ4v) is 3.25. The van der Waals surface area contributed by atoms with Gasteiger partial charge in [-0.2, -0.15) is 5.10 Å². The summed E-state index contributed by atoms with van der Waals surface area (Å²) in [6, 6.07) is 10.5. The van der Waals surface area contributed by atoms with Gasteiger partial charge in [-0.05, 0) is 25.3 Å². The van der Waals surface area contributed by atoms with E-state index in [0.717, 1.165) is 44.3 Å². The number of rotatable bonds is 6. The maximum absolute atomic E-state index is 6.08. The average molecular weight is 356 g/mol. The van der Waals surface area contributed by atoms with Gasteiger partial charge in [0, 0.05) is 32.7 Å². The second kappa shape index (κ2) is 9.33. The van der Waals surface area contributed by atoms with Gasteiger partial charge in [0.15, 0.2) is 5.96 Å². The second-order valence-corrected chi connectivity index (χ2v) is 6.48. The van der Waals surface area contributed by atoms with E-state index in [1.54, 1.807) is 11.0 Å². The summed E-state index contributed by atoms with van der Waals surface area (Å²) in [7, 11) is 1.88. The third-order valence-electron chi connectivity index (χ3n) is 4.63. The van der Waals surface area contributed by atoms with Gasteiger partial charge in [-0.15, -0.1) is 0 Å². The molecule has 0 aliphatic carbocycles. The van der Waals surface area contributed by atoms with Crippen LogP contribution in [-0.2, 0) is 18.3 Å². The van der Waals surface area contributed by atoms with Crippen molar-refractivity contribution in [3.63, 3.8) is 0 Å². The number of nitrogens with zero attached hydrogens (tertiary/aromatic N) is 4. The Balaban J connectivity index is 1.62. The summed E-state index contributed by atoms with van der Waals surface area (Å²) in [6.45, 7) is 5.03. The molecular weight excluding hydrogens is 328 g/mol. The molecule has 2 unspecified atom stereocenters. The molecule has 0 radical (unpaired) electrons. The summed E-state index contributed by atoms with van der Waals surface area (Å²) in [5.41, 5.74) is 1.25. The maximum atomic E-state index is 6.08. The molecule has 2 aromatic rings. The predicted octanol–water partition coefficient (Wildman–Crippen LogP) is 2.04. The first-order valence-electron chi connectivity index (χ1n) is 9.29. The van der Waals surface area contributed by atoms with E-state index in [1.807, 2.05) is 13.1 Å². The Morgan fingerprint density at radius 1 is 1.31 bits per heavy atom. The van der Waals surface area contributed by atoms with Crippen LogP contribution in [0, 0.1) is 5.92 Å². The highest BCUT2D eigenvalue weighted by Crippen LogP contribution is 2.32. The monoisotopic (exact) mass is 356 g/mol. The number of benzene rings is 1. The molecule has 1 fully saturated rings. The van der Waals surface area contributed by atoms with Gasteiger partial charge in [0.2, 0.25) is 0 Å². The van der Waals surface area contributed by atoms with Crippen molar-refractivity contribution in [3.8, 4) is 0 Å². The van der Waals surface area contributed by atoms with Gasteiger partial charge in [0.05, 0.1) is 6.10 Å². The lowest BCUT2D eigenvalue weighted by atomic mass is 9.89. The van der Waals surface area contributed by atoms with Crippen LogP contribution in [0.2, 0.25) is 0 Å². The van der Waals surface area contributed by atoms with Gasteiger partial charge < -0.3 is 15.4 Å². The lowest BCUT2D eigenvalue weighted by molar-refractivity contribution is -0.0265. The normalized spacial score (nSPS) is 20.8. The summed E-state index contributed by atoms with van der Waals surface area (Å²) in [5.74, 6) is 2.06. The van der Waals surface area contributed by atoms with Crippen LogP contribution in [-0.4, -0.2) is 40.4 Å². The zero-order valence-electron chi connectivity index (χ0n) is 15.6. The van der Waals surface area contributed by atoms with Gasteiger partial charge in [-0.25, -0.2) is 9.98 Å². The highest BCUT2D eigenvalue weighted by atomic mass is 16.5. The van der Waals surface area contributed by atoms with E-state index in [4.69, 9.17) is 4.74 Å². The van der Waals surface area contributed by atoms with Gasteiger partial charge >= 0.3 is 0 Å². The molecule has 1 aromatic carbocycles. The zero-order valence-corrected chi connectivity index (χ0v) is 15.6. The molecular formula is C19H28N6O. The molecule has 7 nitrogen and oxygen atoms in total. The van der Waals surface area contributed by atoms with Crippen LogP contribution < -0.4 is 10.6 Å². The molecule has 1 aliphatic rings. The van der Waals surface area contributed by atoms with Crippen molar-refractivity contribution in [2.24, 2.45) is 18.0 Å². The largest absolute Gasteiger partial charge is 0.373 e. The van der Waals surface area contributed by atoms with Gasteiger partial charge in [0.1, 0.15) is 18.7 Å². The zero-order chi connectivity index (χ0) is 18.2. The van der Waals surface area contributed by atoms with Gasteiger partial charge in [-0.3, -0.25) is 4.68 Å². The third-order valence-corrected chi connectivity index (χ3v) is 4.63. The number of hydrogen-bond acceptors (Lipinski definition) is 4. The molecule has 1 aliphatic heterocycles. The number of aliphatic imine (C=N–C) groups is 1. The third kappa shape index (κ3) is 4.82. The molecule has 26 heavy (non-hydrogen) atoms. The summed E-state index contributed by atoms with van der Waals surface area (Å²) < 4.78 is 7.83. The first-order valence-corrected chi connectivity index (χ1v) is 9.29. The standard InChI is InChI=1S/C19H28N6O/c1-3-20-19(22-13-17-23-14-24-25(17)2)21-12-16-10-7-11-26-18(16)15-8-5-4-6-9-15/h4-6,8-9,14,16,18H,3,7,10-13H2,1-2H3,(H2,20,21,22). The van der Waals surface area contributed by atoms with Crippen molar-refractivity contribution in [2.45, 2.75) is 32.4 Å². The summed E-state index contributed by atoms with van der Waals surface area (Å²) in [4.78, 5) is 8.85. The Bertz CT molecular complexity index is 699. The van der Waals surface area contributed by atoms with Gasteiger partial charge in [-0.1, -0.05) is 30.3 Å². The lowest BCUT2D eigenvalue weighted by Gasteiger charge is -2.32. The number of nitrogens with one attached hydrogen (secondary N) is 2. The Morgan fingerprint density at radius 3 is 2.88 bits per heavy atom. The molecule has 2 atom stereocenters. The van der Waals surface area contributed by atoms with Crippen LogP contribution in [0.1, 0.15) is 37.3 Å². The molecule has 3 rings (SSSR count). The van der Waals surface area contributed by atoms with Crippen LogP contribution in [0.4, 0.5) is 0 Å². The molecule has 0 spiro atoms. The van der Waals surface area contributed by atoms with Crippen LogP contribution >= 0.6 is 0 Å². The highest BCUT2D eigenvalue weighted by Gasteiger charge is 2.27. The molecule has 0 amide bonds. The fourth-order valence-electron chi connectivity index (χ4n) is 3.25. The average Bonchev–Trinajstić information content (AvgIpc) is 3.10. The van der Waals surface area contributed by atoms with Crippen LogP contribution in [0.5, 0.6) is 0 Å². The Morgan fingerprint density at radius 2 is 2.15 bits per heavy atom. The molecule has 2 heterocycles. The number of aromatic nitrogens is 3. The molecule has 0 bridgehead atoms. The minimum absolute atomic E-state index is 0.138. The maximum Gasteiger partial charge on any atom is 0.191 e. The number of aryl methyl sites for hydroxylation is 1. The second-order valence-electron chi connectivity index (χ2n) is 6.48. The van der Waals surface area contributed by atoms with Crippen molar-refractivity contribution < 1.29 is 4.74 Å². The van der Waals surface area contributed by atoms with Crippen molar-refractivity contribution >= 4 is 5.96 Å². The summed E-state index contributed by atoms with van der Waals surface area (Å²) in [5, 5.41) is 10.9. The van der Waals surface area contributed by atoms with E-state index >= 15 is 0 Å². The van der Waals surface area contributed by atoms with Crippen molar-refractivity contribution in [3.05, 3.63) is 48.0 Å². The van der Waals surface area contributed by atoms with Gasteiger partial charge in [0.25, 0.3) is 0 Å². The van der Waals surface area contributed by atoms with Crippen LogP contribution in [0.25, 0.3) is 0 Å². The minimum atomic E-state index is 0.138. The summed E-state index contributed by atoms with van der Waals surface area (Å²) in [6.07, 6.45) is 3.94. The number of guanidine groups is 1. The SMILES string of the molecule is CCNC(=NCc1ncnn1C)NCC1CCCOC1c1ccccc1. The Kier molecular flexibility index (Phi) is 6.60. The van der Waals surface area contributed by atoms with Crippen molar-refractivity contribution in [1.82, 2.24) is 25.4 Å². The molecule has 1 aromatic heterocycles. The first kappa shape index (κ1) is 18.4. The quantitative estimate of drug-likeness (QED) is 0.612. The molecule has 2 N–H and O–H groups in total. The first-order chi connectivity index (χ1) is 12.8. The van der Waals surface area contributed by atoms with E-state index in [-0.39, 0.29) is 6.10 Å². The van der Waals surface area contributed by atoms with E-state index < -0.39 is 0 Å². The summed E-state index contributed by atoms with van der Waals surface area (Å²) >= 11 is 0. The highest BCUT2D eigenvalue weighted by molar-refractivity contribution is 5.79. The van der Waals surface area contributed by atoms with E-state index in [1.165, 1.54) is 5.56 Å². The number of ether oxygens (including phenoxy) is 1. The lowest BCUT2D eigenvalue weighted by Crippen LogP contribution is -2.42. The molecule has 7 heteroatoms. The van der Waals surface area contributed by atoms with E-state index in [0.29, 0.717) is 12.5 Å².